The van der Waals surface area contributed by atoms with Gasteiger partial charge >= 0.3 is 0 Å². The van der Waals surface area contributed by atoms with Crippen LogP contribution in [-0.4, -0.2) is 39.5 Å². The number of thioether (sulfide) groups is 1. The van der Waals surface area contributed by atoms with E-state index in [4.69, 9.17) is 0 Å². The lowest BCUT2D eigenvalue weighted by Gasteiger charge is -2.21. The van der Waals surface area contributed by atoms with Crippen molar-refractivity contribution in [3.8, 4) is 10.7 Å². The van der Waals surface area contributed by atoms with Gasteiger partial charge in [-0.3, -0.25) is 4.79 Å². The van der Waals surface area contributed by atoms with Crippen molar-refractivity contribution >= 4 is 40.4 Å². The van der Waals surface area contributed by atoms with Gasteiger partial charge in [0.25, 0.3) is 0 Å². The van der Waals surface area contributed by atoms with E-state index in [0.29, 0.717) is 5.75 Å². The number of para-hydroxylation sites is 2. The zero-order valence-electron chi connectivity index (χ0n) is 15.1. The molecule has 1 aromatic carbocycles. The summed E-state index contributed by atoms with van der Waals surface area (Å²) in [5.41, 5.74) is 1.98. The number of amides is 1. The summed E-state index contributed by atoms with van der Waals surface area (Å²) in [6.45, 7) is 2.10. The maximum atomic E-state index is 12.5. The van der Waals surface area contributed by atoms with E-state index in [1.165, 1.54) is 24.6 Å². The van der Waals surface area contributed by atoms with Crippen LogP contribution >= 0.6 is 23.1 Å². The molecule has 0 saturated carbocycles. The Labute approximate surface area is 166 Å². The van der Waals surface area contributed by atoms with Crippen molar-refractivity contribution in [2.75, 3.05) is 29.1 Å². The van der Waals surface area contributed by atoms with Gasteiger partial charge in [0.15, 0.2) is 11.0 Å². The molecule has 6 nitrogen and oxygen atoms in total. The van der Waals surface area contributed by atoms with Crippen molar-refractivity contribution in [1.82, 2.24) is 14.8 Å². The first-order valence-corrected chi connectivity index (χ1v) is 10.8. The molecule has 3 heterocycles. The van der Waals surface area contributed by atoms with E-state index in [0.717, 1.165) is 40.3 Å². The SMILES string of the molecule is Cn1c(SCC(=O)Nc2ccccc2N2CCCC2)nnc1-c1cccs1. The van der Waals surface area contributed by atoms with Crippen LogP contribution in [0.25, 0.3) is 10.7 Å². The average molecular weight is 400 g/mol. The van der Waals surface area contributed by atoms with Crippen molar-refractivity contribution < 1.29 is 4.79 Å². The number of thiophene rings is 1. The van der Waals surface area contributed by atoms with Gasteiger partial charge in [0.2, 0.25) is 5.91 Å². The molecule has 0 radical (unpaired) electrons. The van der Waals surface area contributed by atoms with E-state index in [2.05, 4.69) is 26.5 Å². The number of benzene rings is 1. The standard InChI is InChI=1S/C19H21N5OS2/c1-23-18(16-9-6-12-26-16)21-22-19(23)27-13-17(25)20-14-7-2-3-8-15(14)24-10-4-5-11-24/h2-3,6-9,12H,4-5,10-11,13H2,1H3,(H,20,25). The minimum atomic E-state index is -0.0349. The van der Waals surface area contributed by atoms with Crippen molar-refractivity contribution in [3.05, 3.63) is 41.8 Å². The van der Waals surface area contributed by atoms with E-state index in [1.54, 1.807) is 11.3 Å². The Hall–Kier alpha value is -2.32. The first-order chi connectivity index (χ1) is 13.2. The smallest absolute Gasteiger partial charge is 0.234 e. The maximum Gasteiger partial charge on any atom is 0.234 e. The Morgan fingerprint density at radius 3 is 2.78 bits per heavy atom. The van der Waals surface area contributed by atoms with Crippen LogP contribution in [0.1, 0.15) is 12.8 Å². The van der Waals surface area contributed by atoms with Gasteiger partial charge in [-0.05, 0) is 36.4 Å². The fourth-order valence-electron chi connectivity index (χ4n) is 3.19. The first-order valence-electron chi connectivity index (χ1n) is 8.92. The molecule has 0 bridgehead atoms. The number of rotatable bonds is 6. The van der Waals surface area contributed by atoms with E-state index < -0.39 is 0 Å². The summed E-state index contributed by atoms with van der Waals surface area (Å²) in [6.07, 6.45) is 2.41. The predicted octanol–water partition coefficient (Wildman–Crippen LogP) is 3.87. The summed E-state index contributed by atoms with van der Waals surface area (Å²) in [4.78, 5) is 15.9. The molecule has 1 aliphatic rings. The van der Waals surface area contributed by atoms with E-state index >= 15 is 0 Å². The number of hydrogen-bond acceptors (Lipinski definition) is 6. The molecule has 0 atom stereocenters. The molecule has 2 aromatic heterocycles. The zero-order chi connectivity index (χ0) is 18.6. The van der Waals surface area contributed by atoms with Gasteiger partial charge in [-0.25, -0.2) is 0 Å². The largest absolute Gasteiger partial charge is 0.370 e. The highest BCUT2D eigenvalue weighted by atomic mass is 32.2. The van der Waals surface area contributed by atoms with E-state index in [9.17, 15) is 4.79 Å². The summed E-state index contributed by atoms with van der Waals surface area (Å²) in [5.74, 6) is 1.09. The molecule has 27 heavy (non-hydrogen) atoms. The summed E-state index contributed by atoms with van der Waals surface area (Å²) >= 11 is 3.03. The average Bonchev–Trinajstić information content (AvgIpc) is 3.43. The second kappa shape index (κ2) is 8.14. The van der Waals surface area contributed by atoms with Crippen LogP contribution in [0.3, 0.4) is 0 Å². The number of hydrogen-bond donors (Lipinski definition) is 1. The molecule has 1 N–H and O–H groups in total. The van der Waals surface area contributed by atoms with Gasteiger partial charge in [0.1, 0.15) is 0 Å². The minimum Gasteiger partial charge on any atom is -0.370 e. The van der Waals surface area contributed by atoms with Gasteiger partial charge in [-0.2, -0.15) is 0 Å². The van der Waals surface area contributed by atoms with Crippen LogP contribution < -0.4 is 10.2 Å². The number of carbonyl (C=O) groups excluding carboxylic acids is 1. The van der Waals surface area contributed by atoms with Crippen molar-refractivity contribution in [2.24, 2.45) is 7.05 Å². The van der Waals surface area contributed by atoms with Crippen LogP contribution in [0.2, 0.25) is 0 Å². The van der Waals surface area contributed by atoms with Crippen LogP contribution in [-0.2, 0) is 11.8 Å². The predicted molar refractivity (Wildman–Crippen MR) is 112 cm³/mol. The molecule has 0 spiro atoms. The number of carbonyl (C=O) groups is 1. The number of nitrogens with zero attached hydrogens (tertiary/aromatic N) is 4. The Morgan fingerprint density at radius 1 is 1.19 bits per heavy atom. The van der Waals surface area contributed by atoms with Crippen LogP contribution in [0.4, 0.5) is 11.4 Å². The summed E-state index contributed by atoms with van der Waals surface area (Å²) in [7, 11) is 1.93. The van der Waals surface area contributed by atoms with Crippen LogP contribution in [0.15, 0.2) is 46.9 Å². The molecule has 1 aliphatic heterocycles. The molecule has 0 aliphatic carbocycles. The van der Waals surface area contributed by atoms with Gasteiger partial charge in [-0.1, -0.05) is 30.0 Å². The van der Waals surface area contributed by atoms with Crippen molar-refractivity contribution in [3.63, 3.8) is 0 Å². The third-order valence-electron chi connectivity index (χ3n) is 4.53. The number of anilines is 2. The van der Waals surface area contributed by atoms with E-state index in [-0.39, 0.29) is 5.91 Å². The first kappa shape index (κ1) is 18.1. The highest BCUT2D eigenvalue weighted by Crippen LogP contribution is 2.29. The second-order valence-corrected chi connectivity index (χ2v) is 8.28. The van der Waals surface area contributed by atoms with Crippen LogP contribution in [0.5, 0.6) is 0 Å². The molecule has 0 unspecified atom stereocenters. The van der Waals surface area contributed by atoms with Crippen molar-refractivity contribution in [1.29, 1.82) is 0 Å². The number of aromatic nitrogens is 3. The quantitative estimate of drug-likeness (QED) is 0.638. The summed E-state index contributed by atoms with van der Waals surface area (Å²) in [6, 6.07) is 12.0. The second-order valence-electron chi connectivity index (χ2n) is 6.39. The Kier molecular flexibility index (Phi) is 5.45. The van der Waals surface area contributed by atoms with E-state index in [1.807, 2.05) is 47.3 Å². The fourth-order valence-corrected chi connectivity index (χ4v) is 4.65. The Morgan fingerprint density at radius 2 is 2.00 bits per heavy atom. The maximum absolute atomic E-state index is 12.5. The lowest BCUT2D eigenvalue weighted by molar-refractivity contribution is -0.113. The molecule has 8 heteroatoms. The lowest BCUT2D eigenvalue weighted by atomic mass is 10.2. The summed E-state index contributed by atoms with van der Waals surface area (Å²) < 4.78 is 1.93. The van der Waals surface area contributed by atoms with Gasteiger partial charge in [0.05, 0.1) is 22.0 Å². The number of nitrogens with one attached hydrogen (secondary N) is 1. The van der Waals surface area contributed by atoms with Gasteiger partial charge in [-0.15, -0.1) is 21.5 Å². The Balaban J connectivity index is 1.40. The molecule has 1 amide bonds. The third-order valence-corrected chi connectivity index (χ3v) is 6.42. The molecule has 140 valence electrons. The monoisotopic (exact) mass is 399 g/mol. The zero-order valence-corrected chi connectivity index (χ0v) is 16.7. The fraction of sp³-hybridized carbons (Fsp3) is 0.316. The highest BCUT2D eigenvalue weighted by molar-refractivity contribution is 7.99. The molecule has 1 saturated heterocycles. The molecule has 3 aromatic rings. The molecular weight excluding hydrogens is 378 g/mol. The van der Waals surface area contributed by atoms with Crippen molar-refractivity contribution in [2.45, 2.75) is 18.0 Å². The minimum absolute atomic E-state index is 0.0349. The lowest BCUT2D eigenvalue weighted by Crippen LogP contribution is -2.21. The molecular formula is C19H21N5OS2. The topological polar surface area (TPSA) is 63.1 Å². The normalized spacial score (nSPS) is 13.9. The highest BCUT2D eigenvalue weighted by Gasteiger charge is 2.17. The summed E-state index contributed by atoms with van der Waals surface area (Å²) in [5, 5.41) is 14.3. The molecule has 1 fully saturated rings. The third kappa shape index (κ3) is 4.01. The Bertz CT molecular complexity index is 916. The van der Waals surface area contributed by atoms with Gasteiger partial charge in [0, 0.05) is 20.1 Å². The van der Waals surface area contributed by atoms with Gasteiger partial charge < -0.3 is 14.8 Å². The molecule has 4 rings (SSSR count). The van der Waals surface area contributed by atoms with Crippen LogP contribution in [0, 0.1) is 0 Å².